The van der Waals surface area contributed by atoms with Crippen molar-refractivity contribution >= 4 is 0 Å². The number of likely N-dealkylation sites (tertiary alicyclic amines) is 1. The second-order valence-electron chi connectivity index (χ2n) is 7.41. The lowest BCUT2D eigenvalue weighted by molar-refractivity contribution is 0.195. The molecule has 1 aliphatic heterocycles. The van der Waals surface area contributed by atoms with Crippen LogP contribution in [0.2, 0.25) is 0 Å². The van der Waals surface area contributed by atoms with Gasteiger partial charge in [-0.05, 0) is 33.2 Å². The maximum absolute atomic E-state index is 4.54. The lowest BCUT2D eigenvalue weighted by Crippen LogP contribution is -2.34. The van der Waals surface area contributed by atoms with Crippen LogP contribution in [0.15, 0.2) is 24.8 Å². The number of nitrogens with zero attached hydrogens (tertiary/aromatic N) is 8. The van der Waals surface area contributed by atoms with Crippen molar-refractivity contribution in [1.82, 2.24) is 39.0 Å². The SMILES string of the molecule is CCn1cc(CN2CCC[C@H](c3nnc(Cn4ccnc4C)n3C)C2)cn1. The molecule has 144 valence electrons. The van der Waals surface area contributed by atoms with Crippen LogP contribution in [0, 0.1) is 6.92 Å². The molecule has 4 rings (SSSR count). The van der Waals surface area contributed by atoms with Crippen LogP contribution in [0.3, 0.4) is 0 Å². The van der Waals surface area contributed by atoms with Gasteiger partial charge in [-0.2, -0.15) is 5.10 Å². The number of hydrogen-bond donors (Lipinski definition) is 0. The standard InChI is InChI=1S/C19H28N8/c1-4-27-12-16(10-21-27)11-25-8-5-6-17(13-25)19-23-22-18(24(19)3)14-26-9-7-20-15(26)2/h7,9-10,12,17H,4-6,8,11,13-14H2,1-3H3/t17-/m0/s1. The molecule has 1 saturated heterocycles. The first-order chi connectivity index (χ1) is 13.1. The highest BCUT2D eigenvalue weighted by Crippen LogP contribution is 2.26. The summed E-state index contributed by atoms with van der Waals surface area (Å²) in [5.41, 5.74) is 1.28. The molecule has 3 aromatic heterocycles. The molecule has 3 aromatic rings. The zero-order valence-electron chi connectivity index (χ0n) is 16.4. The van der Waals surface area contributed by atoms with Crippen LogP contribution < -0.4 is 0 Å². The van der Waals surface area contributed by atoms with E-state index in [9.17, 15) is 0 Å². The van der Waals surface area contributed by atoms with Crippen LogP contribution in [-0.2, 0) is 26.7 Å². The van der Waals surface area contributed by atoms with Gasteiger partial charge in [0, 0.05) is 56.8 Å². The van der Waals surface area contributed by atoms with E-state index in [2.05, 4.69) is 54.5 Å². The first kappa shape index (κ1) is 17.9. The van der Waals surface area contributed by atoms with Crippen molar-refractivity contribution in [2.45, 2.75) is 52.2 Å². The van der Waals surface area contributed by atoms with E-state index in [1.165, 1.54) is 18.4 Å². The van der Waals surface area contributed by atoms with E-state index in [0.29, 0.717) is 12.5 Å². The minimum atomic E-state index is 0.426. The average molecular weight is 368 g/mol. The van der Waals surface area contributed by atoms with Gasteiger partial charge in [0.2, 0.25) is 0 Å². The predicted molar refractivity (Wildman–Crippen MR) is 102 cm³/mol. The third-order valence-corrected chi connectivity index (χ3v) is 5.52. The normalized spacial score (nSPS) is 18.3. The number of hydrogen-bond acceptors (Lipinski definition) is 5. The Hall–Kier alpha value is -2.48. The molecule has 0 radical (unpaired) electrons. The summed E-state index contributed by atoms with van der Waals surface area (Å²) in [6.45, 7) is 8.86. The number of piperidine rings is 1. The van der Waals surface area contributed by atoms with Crippen molar-refractivity contribution in [3.63, 3.8) is 0 Å². The van der Waals surface area contributed by atoms with E-state index < -0.39 is 0 Å². The predicted octanol–water partition coefficient (Wildman–Crippen LogP) is 1.96. The van der Waals surface area contributed by atoms with Crippen molar-refractivity contribution in [3.8, 4) is 0 Å². The zero-order valence-corrected chi connectivity index (χ0v) is 16.4. The smallest absolute Gasteiger partial charge is 0.152 e. The van der Waals surface area contributed by atoms with Crippen molar-refractivity contribution in [1.29, 1.82) is 0 Å². The summed E-state index contributed by atoms with van der Waals surface area (Å²) in [6, 6.07) is 0. The maximum atomic E-state index is 4.54. The molecular weight excluding hydrogens is 340 g/mol. The summed E-state index contributed by atoms with van der Waals surface area (Å²) in [5.74, 6) is 3.50. The summed E-state index contributed by atoms with van der Waals surface area (Å²) >= 11 is 0. The molecule has 0 bridgehead atoms. The van der Waals surface area contributed by atoms with Crippen LogP contribution >= 0.6 is 0 Å². The van der Waals surface area contributed by atoms with Crippen LogP contribution in [0.1, 0.15) is 48.7 Å². The summed E-state index contributed by atoms with van der Waals surface area (Å²) in [4.78, 5) is 6.80. The molecule has 0 unspecified atom stereocenters. The van der Waals surface area contributed by atoms with Gasteiger partial charge < -0.3 is 9.13 Å². The molecule has 0 amide bonds. The molecule has 8 nitrogen and oxygen atoms in total. The van der Waals surface area contributed by atoms with E-state index in [0.717, 1.165) is 43.7 Å². The van der Waals surface area contributed by atoms with Gasteiger partial charge in [-0.15, -0.1) is 10.2 Å². The summed E-state index contributed by atoms with van der Waals surface area (Å²) in [6.07, 6.45) is 10.3. The van der Waals surface area contributed by atoms with E-state index >= 15 is 0 Å². The molecule has 1 atom stereocenters. The van der Waals surface area contributed by atoms with Crippen LogP contribution in [0.25, 0.3) is 0 Å². The Kier molecular flexibility index (Phi) is 5.07. The zero-order chi connectivity index (χ0) is 18.8. The number of rotatable bonds is 6. The highest BCUT2D eigenvalue weighted by molar-refractivity contribution is 5.08. The minimum absolute atomic E-state index is 0.426. The highest BCUT2D eigenvalue weighted by Gasteiger charge is 2.26. The van der Waals surface area contributed by atoms with Crippen molar-refractivity contribution in [3.05, 3.63) is 47.8 Å². The summed E-state index contributed by atoms with van der Waals surface area (Å²) in [7, 11) is 2.08. The van der Waals surface area contributed by atoms with Crippen LogP contribution in [0.4, 0.5) is 0 Å². The second kappa shape index (κ2) is 7.64. The molecule has 0 N–H and O–H groups in total. The molecule has 27 heavy (non-hydrogen) atoms. The molecule has 0 aromatic carbocycles. The van der Waals surface area contributed by atoms with Gasteiger partial charge in [0.15, 0.2) is 5.82 Å². The minimum Gasteiger partial charge on any atom is -0.328 e. The van der Waals surface area contributed by atoms with Crippen LogP contribution in [0.5, 0.6) is 0 Å². The number of aromatic nitrogens is 7. The van der Waals surface area contributed by atoms with Gasteiger partial charge in [0.25, 0.3) is 0 Å². The van der Waals surface area contributed by atoms with Crippen molar-refractivity contribution in [2.24, 2.45) is 7.05 Å². The fraction of sp³-hybridized carbons (Fsp3) is 0.579. The average Bonchev–Trinajstić information content (AvgIpc) is 3.38. The Morgan fingerprint density at radius 1 is 1.22 bits per heavy atom. The second-order valence-corrected chi connectivity index (χ2v) is 7.41. The number of aryl methyl sites for hydroxylation is 2. The largest absolute Gasteiger partial charge is 0.328 e. The lowest BCUT2D eigenvalue weighted by Gasteiger charge is -2.31. The molecule has 0 aliphatic carbocycles. The van der Waals surface area contributed by atoms with Gasteiger partial charge in [0.05, 0.1) is 12.7 Å². The summed E-state index contributed by atoms with van der Waals surface area (Å²) < 4.78 is 6.26. The maximum Gasteiger partial charge on any atom is 0.152 e. The molecule has 0 spiro atoms. The third-order valence-electron chi connectivity index (χ3n) is 5.52. The summed E-state index contributed by atoms with van der Waals surface area (Å²) in [5, 5.41) is 13.4. The molecule has 4 heterocycles. The van der Waals surface area contributed by atoms with Crippen LogP contribution in [-0.4, -0.2) is 52.1 Å². The lowest BCUT2D eigenvalue weighted by atomic mass is 9.97. The van der Waals surface area contributed by atoms with Gasteiger partial charge in [-0.1, -0.05) is 0 Å². The molecular formula is C19H28N8. The van der Waals surface area contributed by atoms with Crippen molar-refractivity contribution < 1.29 is 0 Å². The first-order valence-electron chi connectivity index (χ1n) is 9.73. The van der Waals surface area contributed by atoms with E-state index in [1.54, 1.807) is 0 Å². The Morgan fingerprint density at radius 2 is 2.11 bits per heavy atom. The first-order valence-corrected chi connectivity index (χ1v) is 9.73. The van der Waals surface area contributed by atoms with Gasteiger partial charge >= 0.3 is 0 Å². The van der Waals surface area contributed by atoms with E-state index in [1.807, 2.05) is 30.2 Å². The van der Waals surface area contributed by atoms with Gasteiger partial charge in [-0.3, -0.25) is 9.58 Å². The quantitative estimate of drug-likeness (QED) is 0.665. The fourth-order valence-electron chi connectivity index (χ4n) is 3.92. The molecule has 1 fully saturated rings. The number of imidazole rings is 1. The molecule has 8 heteroatoms. The topological polar surface area (TPSA) is 69.6 Å². The monoisotopic (exact) mass is 368 g/mol. The Labute approximate surface area is 159 Å². The molecule has 0 saturated carbocycles. The fourth-order valence-corrected chi connectivity index (χ4v) is 3.92. The Balaban J connectivity index is 1.44. The van der Waals surface area contributed by atoms with Gasteiger partial charge in [0.1, 0.15) is 11.6 Å². The van der Waals surface area contributed by atoms with Gasteiger partial charge in [-0.25, -0.2) is 4.98 Å². The van der Waals surface area contributed by atoms with Crippen molar-refractivity contribution in [2.75, 3.05) is 13.1 Å². The highest BCUT2D eigenvalue weighted by atomic mass is 15.3. The Bertz CT molecular complexity index is 889. The third kappa shape index (κ3) is 3.80. The molecule has 1 aliphatic rings. The van der Waals surface area contributed by atoms with E-state index in [4.69, 9.17) is 0 Å². The Morgan fingerprint density at radius 3 is 2.85 bits per heavy atom. The van der Waals surface area contributed by atoms with E-state index in [-0.39, 0.29) is 0 Å².